The minimum atomic E-state index is -0.0908. The molecule has 0 bridgehead atoms. The van der Waals surface area contributed by atoms with Gasteiger partial charge in [0.2, 0.25) is 6.29 Å². The molecule has 7 aromatic carbocycles. The van der Waals surface area contributed by atoms with E-state index in [0.29, 0.717) is 0 Å². The van der Waals surface area contributed by atoms with Gasteiger partial charge in [-0.3, -0.25) is 9.88 Å². The van der Waals surface area contributed by atoms with E-state index < -0.39 is 0 Å². The SMILES string of the molecule is C1=C(c2ccc3c(c2)sc2ccccc23)NC(n2c3ccc(-c4ccccc4)cc3c3ccc(-c4ccccc4)cc32)[NH2+]C1c1ccccc1. The molecule has 9 aromatic rings. The van der Waals surface area contributed by atoms with Crippen LogP contribution in [0.4, 0.5) is 0 Å². The van der Waals surface area contributed by atoms with Crippen LogP contribution in [0.15, 0.2) is 176 Å². The van der Waals surface area contributed by atoms with Crippen LogP contribution in [0.3, 0.4) is 0 Å². The standard InChI is InChI=1S/C46H33N3S/c1-4-12-30(13-5-1)33-22-25-42-39(26-33)36-23-20-34(31-14-6-2-7-15-31)27-43(36)49(42)46-47-40(32-16-8-3-9-17-32)29-41(48-46)35-21-24-38-37-18-10-11-19-44(37)50-45(38)28-35/h1-29,40,46-48H/p+1. The first-order valence-electron chi connectivity index (χ1n) is 17.3. The number of hydrogen-bond acceptors (Lipinski definition) is 2. The molecule has 3 nitrogen and oxygen atoms in total. The van der Waals surface area contributed by atoms with Gasteiger partial charge in [0.15, 0.2) is 0 Å². The number of aromatic nitrogens is 1. The van der Waals surface area contributed by atoms with Gasteiger partial charge in [0.25, 0.3) is 0 Å². The molecule has 0 fully saturated rings. The van der Waals surface area contributed by atoms with Gasteiger partial charge in [-0.1, -0.05) is 140 Å². The number of thiophene rings is 1. The van der Waals surface area contributed by atoms with Gasteiger partial charge >= 0.3 is 0 Å². The number of benzene rings is 7. The molecule has 4 heteroatoms. The maximum atomic E-state index is 4.03. The maximum Gasteiger partial charge on any atom is 0.245 e. The predicted octanol–water partition coefficient (Wildman–Crippen LogP) is 10.9. The van der Waals surface area contributed by atoms with Crippen molar-refractivity contribution >= 4 is 59.0 Å². The van der Waals surface area contributed by atoms with Crippen LogP contribution in [-0.4, -0.2) is 4.57 Å². The Morgan fingerprint density at radius 2 is 1.08 bits per heavy atom. The molecule has 2 aromatic heterocycles. The molecule has 238 valence electrons. The molecule has 10 rings (SSSR count). The second kappa shape index (κ2) is 11.9. The first-order chi connectivity index (χ1) is 24.8. The number of fused-ring (bicyclic) bond motifs is 6. The molecular weight excluding hydrogens is 627 g/mol. The maximum absolute atomic E-state index is 4.03. The summed E-state index contributed by atoms with van der Waals surface area (Å²) in [5.41, 5.74) is 11.0. The van der Waals surface area contributed by atoms with Crippen molar-refractivity contribution in [2.45, 2.75) is 12.3 Å². The first-order valence-corrected chi connectivity index (χ1v) is 18.1. The molecule has 0 saturated heterocycles. The minimum absolute atomic E-state index is 0.0908. The number of nitrogens with zero attached hydrogens (tertiary/aromatic N) is 1. The fourth-order valence-corrected chi connectivity index (χ4v) is 8.91. The normalized spacial score (nSPS) is 16.2. The Morgan fingerprint density at radius 3 is 1.86 bits per heavy atom. The molecule has 3 heterocycles. The Hall–Kier alpha value is -5.94. The lowest BCUT2D eigenvalue weighted by atomic mass is 10.0. The van der Waals surface area contributed by atoms with Gasteiger partial charge in [-0.15, -0.1) is 11.3 Å². The minimum Gasteiger partial charge on any atom is -0.317 e. The zero-order valence-electron chi connectivity index (χ0n) is 27.3. The van der Waals surface area contributed by atoms with Crippen LogP contribution in [0.2, 0.25) is 0 Å². The topological polar surface area (TPSA) is 33.6 Å². The van der Waals surface area contributed by atoms with Crippen LogP contribution in [0.25, 0.3) is 69.9 Å². The first kappa shape index (κ1) is 29.0. The van der Waals surface area contributed by atoms with E-state index in [2.05, 4.69) is 191 Å². The van der Waals surface area contributed by atoms with Crippen LogP contribution >= 0.6 is 11.3 Å². The average Bonchev–Trinajstić information content (AvgIpc) is 3.73. The van der Waals surface area contributed by atoms with Gasteiger partial charge in [0.05, 0.1) is 11.0 Å². The van der Waals surface area contributed by atoms with E-state index in [9.17, 15) is 0 Å². The smallest absolute Gasteiger partial charge is 0.245 e. The van der Waals surface area contributed by atoms with Crippen molar-refractivity contribution in [2.24, 2.45) is 0 Å². The van der Waals surface area contributed by atoms with Crippen molar-refractivity contribution in [3.8, 4) is 22.3 Å². The molecule has 0 spiro atoms. The lowest BCUT2D eigenvalue weighted by Crippen LogP contribution is -2.91. The molecule has 0 aliphatic carbocycles. The lowest BCUT2D eigenvalue weighted by molar-refractivity contribution is -0.744. The Labute approximate surface area is 294 Å². The van der Waals surface area contributed by atoms with E-state index in [1.165, 1.54) is 75.4 Å². The van der Waals surface area contributed by atoms with Gasteiger partial charge < -0.3 is 5.32 Å². The Kier molecular flexibility index (Phi) is 6.90. The molecule has 0 radical (unpaired) electrons. The van der Waals surface area contributed by atoms with Crippen LogP contribution in [0, 0.1) is 0 Å². The summed E-state index contributed by atoms with van der Waals surface area (Å²) in [6.45, 7) is 0. The van der Waals surface area contributed by atoms with Crippen molar-refractivity contribution in [3.05, 3.63) is 187 Å². The monoisotopic (exact) mass is 660 g/mol. The third-order valence-electron chi connectivity index (χ3n) is 10.2. The van der Waals surface area contributed by atoms with Gasteiger partial charge in [0.1, 0.15) is 6.04 Å². The summed E-state index contributed by atoms with van der Waals surface area (Å²) in [6.07, 6.45) is 2.31. The summed E-state index contributed by atoms with van der Waals surface area (Å²) >= 11 is 1.87. The van der Waals surface area contributed by atoms with Crippen LogP contribution in [0.5, 0.6) is 0 Å². The van der Waals surface area contributed by atoms with Gasteiger partial charge in [-0.25, -0.2) is 0 Å². The summed E-state index contributed by atoms with van der Waals surface area (Å²) in [4.78, 5) is 0. The second-order valence-corrected chi connectivity index (χ2v) is 14.3. The third-order valence-corrected chi connectivity index (χ3v) is 11.3. The van der Waals surface area contributed by atoms with E-state index in [0.717, 1.165) is 5.70 Å². The van der Waals surface area contributed by atoms with Crippen LogP contribution < -0.4 is 10.6 Å². The lowest BCUT2D eigenvalue weighted by Gasteiger charge is -2.31. The highest BCUT2D eigenvalue weighted by atomic mass is 32.1. The largest absolute Gasteiger partial charge is 0.317 e. The fourth-order valence-electron chi connectivity index (χ4n) is 7.76. The summed E-state index contributed by atoms with van der Waals surface area (Å²) in [5, 5.41) is 11.7. The fraction of sp³-hybridized carbons (Fsp3) is 0.0435. The average molecular weight is 661 g/mol. The molecule has 3 N–H and O–H groups in total. The van der Waals surface area contributed by atoms with E-state index >= 15 is 0 Å². The highest BCUT2D eigenvalue weighted by molar-refractivity contribution is 7.25. The Bertz CT molecular complexity index is 2710. The number of nitrogens with two attached hydrogens (primary N) is 1. The molecule has 50 heavy (non-hydrogen) atoms. The van der Waals surface area contributed by atoms with Crippen molar-refractivity contribution in [3.63, 3.8) is 0 Å². The summed E-state index contributed by atoms with van der Waals surface area (Å²) in [5.74, 6) is 0. The van der Waals surface area contributed by atoms with E-state index in [1.54, 1.807) is 0 Å². The van der Waals surface area contributed by atoms with Gasteiger partial charge in [-0.2, -0.15) is 0 Å². The zero-order chi connectivity index (χ0) is 33.0. The Morgan fingerprint density at radius 1 is 0.460 bits per heavy atom. The van der Waals surface area contributed by atoms with E-state index in [4.69, 9.17) is 0 Å². The van der Waals surface area contributed by atoms with Crippen LogP contribution in [0.1, 0.15) is 23.5 Å². The highest BCUT2D eigenvalue weighted by Gasteiger charge is 2.30. The molecule has 2 unspecified atom stereocenters. The number of quaternary nitrogens is 1. The second-order valence-electron chi connectivity index (χ2n) is 13.2. The number of rotatable bonds is 5. The predicted molar refractivity (Wildman–Crippen MR) is 211 cm³/mol. The summed E-state index contributed by atoms with van der Waals surface area (Å²) < 4.78 is 5.16. The molecule has 2 atom stereocenters. The zero-order valence-corrected chi connectivity index (χ0v) is 28.1. The third kappa shape index (κ3) is 4.92. The van der Waals surface area contributed by atoms with Crippen molar-refractivity contribution < 1.29 is 5.32 Å². The molecule has 1 aliphatic heterocycles. The molecule has 0 saturated carbocycles. The van der Waals surface area contributed by atoms with Gasteiger partial charge in [-0.05, 0) is 58.1 Å². The van der Waals surface area contributed by atoms with E-state index in [1.807, 2.05) is 11.3 Å². The molecular formula is C46H34N3S+. The van der Waals surface area contributed by atoms with Crippen molar-refractivity contribution in [1.82, 2.24) is 9.88 Å². The van der Waals surface area contributed by atoms with Gasteiger partial charge in [0, 0.05) is 48.3 Å². The van der Waals surface area contributed by atoms with Crippen LogP contribution in [-0.2, 0) is 0 Å². The Balaban J connectivity index is 1.16. The number of hydrogen-bond donors (Lipinski definition) is 2. The molecule has 0 amide bonds. The van der Waals surface area contributed by atoms with Crippen molar-refractivity contribution in [1.29, 1.82) is 0 Å². The molecule has 1 aliphatic rings. The van der Waals surface area contributed by atoms with Crippen molar-refractivity contribution in [2.75, 3.05) is 0 Å². The van der Waals surface area contributed by atoms with E-state index in [-0.39, 0.29) is 12.3 Å². The number of nitrogens with one attached hydrogen (secondary N) is 1. The quantitative estimate of drug-likeness (QED) is 0.189. The highest BCUT2D eigenvalue weighted by Crippen LogP contribution is 2.39. The summed E-state index contributed by atoms with van der Waals surface area (Å²) in [7, 11) is 0. The summed E-state index contributed by atoms with van der Waals surface area (Å²) in [6, 6.07) is 62.0.